The van der Waals surface area contributed by atoms with E-state index in [4.69, 9.17) is 0 Å². The van der Waals surface area contributed by atoms with E-state index in [9.17, 15) is 5.11 Å². The summed E-state index contributed by atoms with van der Waals surface area (Å²) < 4.78 is 0. The second kappa shape index (κ2) is 8.62. The first-order chi connectivity index (χ1) is 14.6. The third-order valence-electron chi connectivity index (χ3n) is 4.46. The van der Waals surface area contributed by atoms with Gasteiger partial charge in [0.2, 0.25) is 5.95 Å². The van der Waals surface area contributed by atoms with Crippen LogP contribution in [-0.2, 0) is 6.61 Å². The van der Waals surface area contributed by atoms with E-state index in [1.54, 1.807) is 24.5 Å². The van der Waals surface area contributed by atoms with Crippen molar-refractivity contribution in [3.63, 3.8) is 0 Å². The number of aryl methyl sites for hydroxylation is 2. The van der Waals surface area contributed by atoms with Gasteiger partial charge in [0.1, 0.15) is 17.3 Å². The zero-order chi connectivity index (χ0) is 20.9. The lowest BCUT2D eigenvalue weighted by molar-refractivity contribution is 0.281. The molecule has 4 aromatic rings. The van der Waals surface area contributed by atoms with Crippen LogP contribution in [0.2, 0.25) is 0 Å². The lowest BCUT2D eigenvalue weighted by Crippen LogP contribution is -2.03. The molecule has 0 aliphatic heterocycles. The molecule has 30 heavy (non-hydrogen) atoms. The number of hydrogen-bond acceptors (Lipinski definition) is 8. The SMILES string of the molecule is Cc1cccc(-c2nccc(Nc3ccnc(Nc4ccc(C)c(CO)c4)n3)n2)n1. The predicted molar refractivity (Wildman–Crippen MR) is 116 cm³/mol. The highest BCUT2D eigenvalue weighted by molar-refractivity contribution is 5.60. The van der Waals surface area contributed by atoms with Crippen molar-refractivity contribution in [1.29, 1.82) is 0 Å². The van der Waals surface area contributed by atoms with E-state index in [0.29, 0.717) is 29.1 Å². The van der Waals surface area contributed by atoms with Crippen LogP contribution in [0.4, 0.5) is 23.3 Å². The molecule has 8 heteroatoms. The van der Waals surface area contributed by atoms with Crippen LogP contribution in [0, 0.1) is 13.8 Å². The van der Waals surface area contributed by atoms with Gasteiger partial charge in [0, 0.05) is 23.8 Å². The molecule has 0 radical (unpaired) electrons. The molecule has 0 aliphatic rings. The Morgan fingerprint density at radius 1 is 0.833 bits per heavy atom. The highest BCUT2D eigenvalue weighted by Crippen LogP contribution is 2.20. The summed E-state index contributed by atoms with van der Waals surface area (Å²) in [5.74, 6) is 2.16. The number of anilines is 4. The van der Waals surface area contributed by atoms with E-state index in [1.165, 1.54) is 0 Å². The highest BCUT2D eigenvalue weighted by Gasteiger charge is 2.07. The van der Waals surface area contributed by atoms with Crippen LogP contribution >= 0.6 is 0 Å². The zero-order valence-electron chi connectivity index (χ0n) is 16.7. The van der Waals surface area contributed by atoms with Gasteiger partial charge in [-0.3, -0.25) is 0 Å². The van der Waals surface area contributed by atoms with Crippen molar-refractivity contribution in [3.8, 4) is 11.5 Å². The molecular formula is C22H21N7O. The number of rotatable bonds is 6. The Kier molecular flexibility index (Phi) is 5.58. The lowest BCUT2D eigenvalue weighted by atomic mass is 10.1. The number of pyridine rings is 1. The van der Waals surface area contributed by atoms with Gasteiger partial charge in [-0.2, -0.15) is 4.98 Å². The van der Waals surface area contributed by atoms with Crippen molar-refractivity contribution < 1.29 is 5.11 Å². The summed E-state index contributed by atoms with van der Waals surface area (Å²) in [4.78, 5) is 22.1. The number of aliphatic hydroxyl groups is 1. The van der Waals surface area contributed by atoms with Crippen molar-refractivity contribution in [2.24, 2.45) is 0 Å². The van der Waals surface area contributed by atoms with E-state index >= 15 is 0 Å². The van der Waals surface area contributed by atoms with Gasteiger partial charge in [-0.1, -0.05) is 12.1 Å². The van der Waals surface area contributed by atoms with Crippen LogP contribution < -0.4 is 10.6 Å². The average Bonchev–Trinajstić information content (AvgIpc) is 2.75. The van der Waals surface area contributed by atoms with Gasteiger partial charge in [-0.15, -0.1) is 0 Å². The Hall–Kier alpha value is -3.91. The van der Waals surface area contributed by atoms with Crippen LogP contribution in [0.25, 0.3) is 11.5 Å². The number of aromatic nitrogens is 5. The van der Waals surface area contributed by atoms with E-state index in [2.05, 4.69) is 35.6 Å². The molecular weight excluding hydrogens is 378 g/mol. The summed E-state index contributed by atoms with van der Waals surface area (Å²) in [6.45, 7) is 3.87. The summed E-state index contributed by atoms with van der Waals surface area (Å²) in [5.41, 5.74) is 4.30. The quantitative estimate of drug-likeness (QED) is 0.448. The molecule has 1 aromatic carbocycles. The molecule has 3 aromatic heterocycles. The van der Waals surface area contributed by atoms with Crippen LogP contribution in [0.3, 0.4) is 0 Å². The van der Waals surface area contributed by atoms with Crippen molar-refractivity contribution in [2.45, 2.75) is 20.5 Å². The molecule has 4 rings (SSSR count). The maximum absolute atomic E-state index is 9.45. The van der Waals surface area contributed by atoms with Crippen LogP contribution in [0.1, 0.15) is 16.8 Å². The van der Waals surface area contributed by atoms with Crippen molar-refractivity contribution in [3.05, 3.63) is 77.7 Å². The van der Waals surface area contributed by atoms with Crippen LogP contribution in [-0.4, -0.2) is 30.0 Å². The van der Waals surface area contributed by atoms with E-state index in [-0.39, 0.29) is 6.61 Å². The normalized spacial score (nSPS) is 10.6. The fourth-order valence-electron chi connectivity index (χ4n) is 2.89. The van der Waals surface area contributed by atoms with Crippen LogP contribution in [0.5, 0.6) is 0 Å². The highest BCUT2D eigenvalue weighted by atomic mass is 16.3. The third-order valence-corrected chi connectivity index (χ3v) is 4.46. The molecule has 3 N–H and O–H groups in total. The first-order valence-corrected chi connectivity index (χ1v) is 9.45. The smallest absolute Gasteiger partial charge is 0.229 e. The van der Waals surface area contributed by atoms with Crippen molar-refractivity contribution in [2.75, 3.05) is 10.6 Å². The molecule has 3 heterocycles. The topological polar surface area (TPSA) is 109 Å². The molecule has 8 nitrogen and oxygen atoms in total. The first kappa shape index (κ1) is 19.4. The average molecular weight is 399 g/mol. The summed E-state index contributed by atoms with van der Waals surface area (Å²) in [6.07, 6.45) is 3.33. The molecule has 0 bridgehead atoms. The predicted octanol–water partition coefficient (Wildman–Crippen LogP) is 3.92. The number of nitrogens with zero attached hydrogens (tertiary/aromatic N) is 5. The monoisotopic (exact) mass is 399 g/mol. The minimum Gasteiger partial charge on any atom is -0.392 e. The second-order valence-electron chi connectivity index (χ2n) is 6.74. The fourth-order valence-corrected chi connectivity index (χ4v) is 2.89. The maximum Gasteiger partial charge on any atom is 0.229 e. The Morgan fingerprint density at radius 2 is 1.63 bits per heavy atom. The summed E-state index contributed by atoms with van der Waals surface area (Å²) >= 11 is 0. The van der Waals surface area contributed by atoms with Gasteiger partial charge in [0.25, 0.3) is 0 Å². The van der Waals surface area contributed by atoms with E-state index in [1.807, 2.05) is 50.2 Å². The molecule has 150 valence electrons. The molecule has 0 saturated heterocycles. The van der Waals surface area contributed by atoms with Crippen molar-refractivity contribution >= 4 is 23.3 Å². The Labute approximate surface area is 174 Å². The Morgan fingerprint density at radius 3 is 2.43 bits per heavy atom. The number of benzene rings is 1. The van der Waals surface area contributed by atoms with Crippen molar-refractivity contribution in [1.82, 2.24) is 24.9 Å². The summed E-state index contributed by atoms with van der Waals surface area (Å²) in [7, 11) is 0. The van der Waals surface area contributed by atoms with Crippen LogP contribution in [0.15, 0.2) is 60.9 Å². The fraction of sp³-hybridized carbons (Fsp3) is 0.136. The number of hydrogen-bond donors (Lipinski definition) is 3. The molecule has 0 amide bonds. The Bertz CT molecular complexity index is 1180. The first-order valence-electron chi connectivity index (χ1n) is 9.45. The lowest BCUT2D eigenvalue weighted by Gasteiger charge is -2.10. The van der Waals surface area contributed by atoms with Gasteiger partial charge >= 0.3 is 0 Å². The third kappa shape index (κ3) is 4.56. The molecule has 0 fully saturated rings. The minimum absolute atomic E-state index is 0.0182. The van der Waals surface area contributed by atoms with E-state index in [0.717, 1.165) is 22.5 Å². The van der Waals surface area contributed by atoms with Gasteiger partial charge < -0.3 is 15.7 Å². The van der Waals surface area contributed by atoms with Gasteiger partial charge in [0.05, 0.1) is 6.61 Å². The van der Waals surface area contributed by atoms with Gasteiger partial charge in [-0.05, 0) is 61.4 Å². The number of nitrogens with one attached hydrogen (secondary N) is 2. The molecule has 0 unspecified atom stereocenters. The van der Waals surface area contributed by atoms with E-state index < -0.39 is 0 Å². The largest absolute Gasteiger partial charge is 0.392 e. The maximum atomic E-state index is 9.45. The second-order valence-corrected chi connectivity index (χ2v) is 6.74. The summed E-state index contributed by atoms with van der Waals surface area (Å²) in [6, 6.07) is 15.0. The molecule has 0 atom stereocenters. The molecule has 0 aliphatic carbocycles. The number of aliphatic hydroxyl groups excluding tert-OH is 1. The minimum atomic E-state index is -0.0182. The van der Waals surface area contributed by atoms with Gasteiger partial charge in [-0.25, -0.2) is 19.9 Å². The summed E-state index contributed by atoms with van der Waals surface area (Å²) in [5, 5.41) is 15.8. The van der Waals surface area contributed by atoms with Gasteiger partial charge in [0.15, 0.2) is 5.82 Å². The molecule has 0 saturated carbocycles. The standard InChI is InChI=1S/C22H21N7O/c1-14-6-7-17(12-16(14)13-30)26-22-24-11-9-20(29-22)27-19-8-10-23-21(28-19)18-5-3-4-15(2)25-18/h3-12,30H,13H2,1-2H3,(H2,23,24,26,27,28,29). The Balaban J connectivity index is 1.53. The molecule has 0 spiro atoms. The zero-order valence-corrected chi connectivity index (χ0v) is 16.7.